The van der Waals surface area contributed by atoms with E-state index in [0.717, 1.165) is 5.69 Å². The number of ether oxygens (including phenoxy) is 1. The summed E-state index contributed by atoms with van der Waals surface area (Å²) in [5.41, 5.74) is 0.969. The molecule has 0 bridgehead atoms. The van der Waals surface area contributed by atoms with Crippen LogP contribution in [0, 0.1) is 0 Å². The predicted molar refractivity (Wildman–Crippen MR) is 72.9 cm³/mol. The highest BCUT2D eigenvalue weighted by Crippen LogP contribution is 2.07. The average Bonchev–Trinajstić information content (AvgIpc) is 2.30. The molecule has 0 aliphatic carbocycles. The largest absolute Gasteiger partial charge is 0.383 e. The Morgan fingerprint density at radius 3 is 2.76 bits per heavy atom. The first kappa shape index (κ1) is 13.9. The summed E-state index contributed by atoms with van der Waals surface area (Å²) in [5, 5.41) is 6.96. The zero-order valence-electron chi connectivity index (χ0n) is 10.4. The molecule has 0 aliphatic rings. The van der Waals surface area contributed by atoms with Crippen LogP contribution in [-0.4, -0.2) is 29.9 Å². The Morgan fingerprint density at radius 1 is 1.41 bits per heavy atom. The Kier molecular flexibility index (Phi) is 5.86. The third-order valence-corrected chi connectivity index (χ3v) is 2.51. The van der Waals surface area contributed by atoms with Crippen LogP contribution in [-0.2, 0) is 4.74 Å². The van der Waals surface area contributed by atoms with E-state index in [1.54, 1.807) is 13.3 Å². The molecule has 0 saturated carbocycles. The highest BCUT2D eigenvalue weighted by atomic mass is 32.1. The fraction of sp³-hybridized carbons (Fsp3) is 0.500. The fourth-order valence-electron chi connectivity index (χ4n) is 1.46. The molecule has 0 spiro atoms. The standard InChI is InChI=1S/C12H19N3OS/c1-9(8-16-3)14-12(17)15-10(2)11-6-4-5-7-13-11/h4-7,9-10H,8H2,1-3H3,(H2,14,15,17). The number of thiocarbonyl (C=S) groups is 1. The molecule has 0 aliphatic heterocycles. The van der Waals surface area contributed by atoms with Crippen molar-refractivity contribution < 1.29 is 4.74 Å². The van der Waals surface area contributed by atoms with Crippen LogP contribution in [0.25, 0.3) is 0 Å². The number of hydrogen-bond acceptors (Lipinski definition) is 3. The first-order valence-corrected chi connectivity index (χ1v) is 6.01. The summed E-state index contributed by atoms with van der Waals surface area (Å²) >= 11 is 5.22. The average molecular weight is 253 g/mol. The van der Waals surface area contributed by atoms with Crippen molar-refractivity contribution in [2.75, 3.05) is 13.7 Å². The van der Waals surface area contributed by atoms with Gasteiger partial charge in [-0.3, -0.25) is 4.98 Å². The van der Waals surface area contributed by atoms with Crippen LogP contribution >= 0.6 is 12.2 Å². The highest BCUT2D eigenvalue weighted by molar-refractivity contribution is 7.80. The van der Waals surface area contributed by atoms with Crippen molar-refractivity contribution in [3.63, 3.8) is 0 Å². The lowest BCUT2D eigenvalue weighted by Gasteiger charge is -2.19. The number of aromatic nitrogens is 1. The molecule has 1 aromatic heterocycles. The molecule has 17 heavy (non-hydrogen) atoms. The van der Waals surface area contributed by atoms with Gasteiger partial charge in [-0.1, -0.05) is 6.07 Å². The lowest BCUT2D eigenvalue weighted by Crippen LogP contribution is -2.43. The van der Waals surface area contributed by atoms with E-state index in [2.05, 4.69) is 15.6 Å². The van der Waals surface area contributed by atoms with Gasteiger partial charge in [0.1, 0.15) is 0 Å². The smallest absolute Gasteiger partial charge is 0.167 e. The second-order valence-electron chi connectivity index (χ2n) is 3.95. The molecule has 0 amide bonds. The lowest BCUT2D eigenvalue weighted by molar-refractivity contribution is 0.179. The van der Waals surface area contributed by atoms with E-state index in [-0.39, 0.29) is 12.1 Å². The second-order valence-corrected chi connectivity index (χ2v) is 4.36. The van der Waals surface area contributed by atoms with Gasteiger partial charge in [0.2, 0.25) is 0 Å². The SMILES string of the molecule is COCC(C)NC(=S)NC(C)c1ccccn1. The van der Waals surface area contributed by atoms with E-state index in [9.17, 15) is 0 Å². The summed E-state index contributed by atoms with van der Waals surface area (Å²) in [4.78, 5) is 4.27. The van der Waals surface area contributed by atoms with Crippen molar-refractivity contribution >= 4 is 17.3 Å². The van der Waals surface area contributed by atoms with E-state index < -0.39 is 0 Å². The zero-order valence-corrected chi connectivity index (χ0v) is 11.3. The van der Waals surface area contributed by atoms with Gasteiger partial charge in [-0.25, -0.2) is 0 Å². The molecule has 5 heteroatoms. The van der Waals surface area contributed by atoms with Crippen LogP contribution in [0.5, 0.6) is 0 Å². The molecule has 2 N–H and O–H groups in total. The normalized spacial score (nSPS) is 13.8. The molecule has 4 nitrogen and oxygen atoms in total. The predicted octanol–water partition coefficient (Wildman–Crippen LogP) is 1.64. The molecule has 1 aromatic rings. The number of pyridine rings is 1. The van der Waals surface area contributed by atoms with E-state index in [0.29, 0.717) is 11.7 Å². The highest BCUT2D eigenvalue weighted by Gasteiger charge is 2.09. The van der Waals surface area contributed by atoms with E-state index in [1.165, 1.54) is 0 Å². The molecule has 0 aromatic carbocycles. The van der Waals surface area contributed by atoms with Gasteiger partial charge in [-0.05, 0) is 38.2 Å². The van der Waals surface area contributed by atoms with Crippen LogP contribution in [0.4, 0.5) is 0 Å². The molecule has 2 unspecified atom stereocenters. The summed E-state index contributed by atoms with van der Waals surface area (Å²) in [6.45, 7) is 4.67. The Bertz CT molecular complexity index is 345. The lowest BCUT2D eigenvalue weighted by atomic mass is 10.2. The Balaban J connectivity index is 2.41. The van der Waals surface area contributed by atoms with E-state index in [4.69, 9.17) is 17.0 Å². The summed E-state index contributed by atoms with van der Waals surface area (Å²) in [5.74, 6) is 0. The first-order chi connectivity index (χ1) is 8.13. The third kappa shape index (κ3) is 5.10. The van der Waals surface area contributed by atoms with Crippen LogP contribution in [0.3, 0.4) is 0 Å². The molecule has 0 fully saturated rings. The summed E-state index contributed by atoms with van der Waals surface area (Å²) < 4.78 is 5.03. The van der Waals surface area contributed by atoms with Crippen LogP contribution in [0.15, 0.2) is 24.4 Å². The van der Waals surface area contributed by atoms with Crippen molar-refractivity contribution in [2.45, 2.75) is 25.9 Å². The second kappa shape index (κ2) is 7.19. The van der Waals surface area contributed by atoms with Gasteiger partial charge in [0.25, 0.3) is 0 Å². The molecule has 0 radical (unpaired) electrons. The number of rotatable bonds is 5. The monoisotopic (exact) mass is 253 g/mol. The van der Waals surface area contributed by atoms with Crippen molar-refractivity contribution in [3.8, 4) is 0 Å². The van der Waals surface area contributed by atoms with Gasteiger partial charge in [0, 0.05) is 19.3 Å². The van der Waals surface area contributed by atoms with Gasteiger partial charge in [-0.15, -0.1) is 0 Å². The molecule has 94 valence electrons. The van der Waals surface area contributed by atoms with Gasteiger partial charge in [0.05, 0.1) is 18.3 Å². The first-order valence-electron chi connectivity index (χ1n) is 5.60. The van der Waals surface area contributed by atoms with E-state index in [1.807, 2.05) is 32.0 Å². The van der Waals surface area contributed by atoms with Crippen molar-refractivity contribution in [1.82, 2.24) is 15.6 Å². The topological polar surface area (TPSA) is 46.2 Å². The summed E-state index contributed by atoms with van der Waals surface area (Å²) in [6.07, 6.45) is 1.78. The number of methoxy groups -OCH3 is 1. The molecule has 1 rings (SSSR count). The van der Waals surface area contributed by atoms with Crippen molar-refractivity contribution in [1.29, 1.82) is 0 Å². The number of nitrogens with one attached hydrogen (secondary N) is 2. The van der Waals surface area contributed by atoms with Gasteiger partial charge < -0.3 is 15.4 Å². The van der Waals surface area contributed by atoms with Crippen LogP contribution < -0.4 is 10.6 Å². The molecule has 0 saturated heterocycles. The number of hydrogen-bond donors (Lipinski definition) is 2. The van der Waals surface area contributed by atoms with Gasteiger partial charge >= 0.3 is 0 Å². The zero-order chi connectivity index (χ0) is 12.7. The Hall–Kier alpha value is -1.20. The Morgan fingerprint density at radius 2 is 2.18 bits per heavy atom. The van der Waals surface area contributed by atoms with Crippen molar-refractivity contribution in [3.05, 3.63) is 30.1 Å². The van der Waals surface area contributed by atoms with Crippen molar-refractivity contribution in [2.24, 2.45) is 0 Å². The minimum absolute atomic E-state index is 0.0888. The summed E-state index contributed by atoms with van der Waals surface area (Å²) in [7, 11) is 1.67. The molecule has 2 atom stereocenters. The maximum Gasteiger partial charge on any atom is 0.167 e. The Labute approximate surface area is 108 Å². The third-order valence-electron chi connectivity index (χ3n) is 2.27. The van der Waals surface area contributed by atoms with Crippen LogP contribution in [0.1, 0.15) is 25.6 Å². The fourth-order valence-corrected chi connectivity index (χ4v) is 1.84. The number of nitrogens with zero attached hydrogens (tertiary/aromatic N) is 1. The van der Waals surface area contributed by atoms with Crippen LogP contribution in [0.2, 0.25) is 0 Å². The van der Waals surface area contributed by atoms with Gasteiger partial charge in [-0.2, -0.15) is 0 Å². The maximum absolute atomic E-state index is 5.22. The minimum Gasteiger partial charge on any atom is -0.383 e. The van der Waals surface area contributed by atoms with E-state index >= 15 is 0 Å². The molecule has 1 heterocycles. The van der Waals surface area contributed by atoms with Gasteiger partial charge in [0.15, 0.2) is 5.11 Å². The maximum atomic E-state index is 5.22. The summed E-state index contributed by atoms with van der Waals surface area (Å²) in [6, 6.07) is 6.11. The molecular formula is C12H19N3OS. The quantitative estimate of drug-likeness (QED) is 0.781. The molecular weight excluding hydrogens is 234 g/mol. The minimum atomic E-state index is 0.0888.